The maximum atomic E-state index is 2.55. The van der Waals surface area contributed by atoms with Crippen molar-refractivity contribution in [1.29, 1.82) is 0 Å². The first kappa shape index (κ1) is 35.6. The van der Waals surface area contributed by atoms with Gasteiger partial charge in [-0.3, -0.25) is 0 Å². The highest BCUT2D eigenvalue weighted by molar-refractivity contribution is 6.65. The van der Waals surface area contributed by atoms with E-state index in [-0.39, 0.29) is 0 Å². The van der Waals surface area contributed by atoms with Crippen molar-refractivity contribution >= 4 is 58.4 Å². The maximum Gasteiger partial charge on any atom is 0.278 e. The summed E-state index contributed by atoms with van der Waals surface area (Å²) in [6.07, 6.45) is 0. The van der Waals surface area contributed by atoms with Crippen LogP contribution in [-0.2, 0) is 5.41 Å². The lowest BCUT2D eigenvalue weighted by Crippen LogP contribution is -2.42. The van der Waals surface area contributed by atoms with Crippen molar-refractivity contribution in [2.24, 2.45) is 0 Å². The number of hydrogen-bond acceptors (Lipinski definition) is 3. The third-order valence-electron chi connectivity index (χ3n) is 12.4. The van der Waals surface area contributed by atoms with Crippen LogP contribution >= 0.6 is 0 Å². The summed E-state index contributed by atoms with van der Waals surface area (Å²) in [6.45, 7) is 2.24. The molecule has 9 aromatic rings. The minimum atomic E-state index is -0.529. The predicted molar refractivity (Wildman–Crippen MR) is 253 cm³/mol. The van der Waals surface area contributed by atoms with Gasteiger partial charge in [-0.2, -0.15) is 0 Å². The van der Waals surface area contributed by atoms with Gasteiger partial charge >= 0.3 is 0 Å². The second kappa shape index (κ2) is 14.7. The Morgan fingerprint density at radius 2 is 0.883 bits per heavy atom. The molecule has 0 atom stereocenters. The molecule has 0 radical (unpaired) electrons. The maximum absolute atomic E-state index is 2.55. The number of benzene rings is 9. The van der Waals surface area contributed by atoms with Crippen molar-refractivity contribution in [2.75, 3.05) is 14.6 Å². The van der Waals surface area contributed by atoms with Gasteiger partial charge in [-0.1, -0.05) is 164 Å². The number of para-hydroxylation sites is 5. The molecule has 11 rings (SSSR count). The Morgan fingerprint density at radius 3 is 1.43 bits per heavy atom. The molecule has 2 aliphatic rings. The van der Waals surface area contributed by atoms with Crippen molar-refractivity contribution in [3.63, 3.8) is 0 Å². The molecule has 0 aromatic heterocycles. The van der Waals surface area contributed by atoms with Gasteiger partial charge in [0.25, 0.3) is 7.41 Å². The van der Waals surface area contributed by atoms with Crippen LogP contribution in [0.25, 0.3) is 11.1 Å². The van der Waals surface area contributed by atoms with Crippen LogP contribution in [0.5, 0.6) is 0 Å². The van der Waals surface area contributed by atoms with Gasteiger partial charge in [0.15, 0.2) is 0 Å². The molecule has 0 saturated heterocycles. The van der Waals surface area contributed by atoms with E-state index in [1.807, 2.05) is 0 Å². The van der Waals surface area contributed by atoms with Crippen LogP contribution in [0.4, 0.5) is 45.5 Å². The first-order valence-electron chi connectivity index (χ1n) is 20.8. The second-order valence-electron chi connectivity index (χ2n) is 15.8. The molecule has 284 valence electrons. The van der Waals surface area contributed by atoms with Gasteiger partial charge in [0.05, 0.1) is 16.8 Å². The Bertz CT molecular complexity index is 2840. The Hall–Kier alpha value is -7.56. The summed E-state index contributed by atoms with van der Waals surface area (Å²) in [6, 6.07) is 84.3. The largest absolute Gasteiger partial charge is 0.384 e. The molecule has 0 bridgehead atoms. The van der Waals surface area contributed by atoms with Gasteiger partial charge in [0.2, 0.25) is 0 Å². The van der Waals surface area contributed by atoms with Crippen molar-refractivity contribution in [3.8, 4) is 11.1 Å². The van der Waals surface area contributed by atoms with Crippen LogP contribution in [0.2, 0.25) is 0 Å². The van der Waals surface area contributed by atoms with E-state index < -0.39 is 5.41 Å². The van der Waals surface area contributed by atoms with Crippen LogP contribution in [0, 0.1) is 6.92 Å². The summed E-state index contributed by atoms with van der Waals surface area (Å²) in [5, 5.41) is 0. The Balaban J connectivity index is 1.15. The lowest BCUT2D eigenvalue weighted by molar-refractivity contribution is 0.731. The summed E-state index contributed by atoms with van der Waals surface area (Å²) in [7, 11) is 0.700. The molecule has 0 saturated carbocycles. The van der Waals surface area contributed by atoms with Crippen LogP contribution in [-0.4, -0.2) is 7.41 Å². The average molecular weight is 768 g/mol. The quantitative estimate of drug-likeness (QED) is 0.150. The molecular weight excluding hydrogens is 725 g/mol. The smallest absolute Gasteiger partial charge is 0.278 e. The van der Waals surface area contributed by atoms with Gasteiger partial charge in [-0.25, -0.2) is 0 Å². The summed E-state index contributed by atoms with van der Waals surface area (Å²) >= 11 is 0. The van der Waals surface area contributed by atoms with Gasteiger partial charge in [-0.05, 0) is 112 Å². The molecule has 3 nitrogen and oxygen atoms in total. The molecule has 4 heteroatoms. The van der Waals surface area contributed by atoms with E-state index in [0.29, 0.717) is 7.41 Å². The number of rotatable bonds is 7. The molecule has 0 aliphatic carbocycles. The highest BCUT2D eigenvalue weighted by Gasteiger charge is 2.47. The van der Waals surface area contributed by atoms with E-state index in [1.165, 1.54) is 67.2 Å². The number of anilines is 8. The number of fused-ring (bicyclic) bond motifs is 5. The normalized spacial score (nSPS) is 13.3. The van der Waals surface area contributed by atoms with Crippen LogP contribution in [0.1, 0.15) is 27.8 Å². The molecule has 0 unspecified atom stereocenters. The first-order chi connectivity index (χ1) is 29.7. The van der Waals surface area contributed by atoms with E-state index in [0.717, 1.165) is 22.7 Å². The van der Waals surface area contributed by atoms with Crippen molar-refractivity contribution in [3.05, 3.63) is 258 Å². The Kier molecular flexibility index (Phi) is 8.71. The summed E-state index contributed by atoms with van der Waals surface area (Å²) in [5.41, 5.74) is 18.8. The zero-order valence-corrected chi connectivity index (χ0v) is 33.5. The van der Waals surface area contributed by atoms with Crippen molar-refractivity contribution in [1.82, 2.24) is 0 Å². The van der Waals surface area contributed by atoms with Crippen LogP contribution < -0.4 is 20.1 Å². The van der Waals surface area contributed by atoms with E-state index >= 15 is 0 Å². The third kappa shape index (κ3) is 5.67. The standard InChI is InChI=1S/C56H42BN3/c1-40-37-48-47-36-35-46(58(43-25-11-4-12-26-43)44-27-13-5-14-28-44)39-53(47)60(45-29-15-6-16-30-45)57-55(48)54(38-40)59-51-33-19-17-31-49(51)56(41-21-7-2-8-22-41,42-23-9-3-10-24-42)50-32-18-20-34-52(50)59/h2-39,57H,1H3. The third-order valence-corrected chi connectivity index (χ3v) is 12.4. The number of aryl methyl sites for hydroxylation is 1. The first-order valence-corrected chi connectivity index (χ1v) is 20.8. The predicted octanol–water partition coefficient (Wildman–Crippen LogP) is 13.4. The lowest BCUT2D eigenvalue weighted by atomic mass is 9.62. The van der Waals surface area contributed by atoms with E-state index in [1.54, 1.807) is 0 Å². The van der Waals surface area contributed by atoms with Gasteiger partial charge in [0, 0.05) is 39.7 Å². The number of nitrogens with zero attached hydrogens (tertiary/aromatic N) is 3. The number of hydrogen-bond donors (Lipinski definition) is 0. The fourth-order valence-corrected chi connectivity index (χ4v) is 9.87. The molecular formula is C56H42BN3. The minimum Gasteiger partial charge on any atom is -0.384 e. The van der Waals surface area contributed by atoms with Crippen molar-refractivity contribution < 1.29 is 0 Å². The monoisotopic (exact) mass is 767 g/mol. The Labute approximate surface area is 353 Å². The van der Waals surface area contributed by atoms with E-state index in [2.05, 4.69) is 252 Å². The fourth-order valence-electron chi connectivity index (χ4n) is 9.87. The fraction of sp³-hybridized carbons (Fsp3) is 0.0357. The SMILES string of the molecule is Cc1cc2c(c(N3c4ccccc4C(c4ccccc4)(c4ccccc4)c4ccccc43)c1)BN(c1ccccc1)c1cc(N(c3ccccc3)c3ccccc3)ccc1-2. The molecule has 0 spiro atoms. The molecule has 0 amide bonds. The second-order valence-corrected chi connectivity index (χ2v) is 15.8. The molecule has 2 aliphatic heterocycles. The van der Waals surface area contributed by atoms with Crippen LogP contribution in [0.3, 0.4) is 0 Å². The molecule has 9 aromatic carbocycles. The zero-order chi connectivity index (χ0) is 40.0. The average Bonchev–Trinajstić information content (AvgIpc) is 3.32. The van der Waals surface area contributed by atoms with Gasteiger partial charge in [0.1, 0.15) is 0 Å². The highest BCUT2D eigenvalue weighted by atomic mass is 15.2. The summed E-state index contributed by atoms with van der Waals surface area (Å²) in [5.74, 6) is 0. The molecule has 60 heavy (non-hydrogen) atoms. The molecule has 0 N–H and O–H groups in total. The Morgan fingerprint density at radius 1 is 0.400 bits per heavy atom. The summed E-state index contributed by atoms with van der Waals surface area (Å²) in [4.78, 5) is 7.41. The van der Waals surface area contributed by atoms with Crippen molar-refractivity contribution in [2.45, 2.75) is 12.3 Å². The highest BCUT2D eigenvalue weighted by Crippen LogP contribution is 2.58. The van der Waals surface area contributed by atoms with Crippen LogP contribution in [0.15, 0.2) is 231 Å². The zero-order valence-electron chi connectivity index (χ0n) is 33.5. The summed E-state index contributed by atoms with van der Waals surface area (Å²) < 4.78 is 0. The topological polar surface area (TPSA) is 9.72 Å². The lowest BCUT2D eigenvalue weighted by Gasteiger charge is -2.47. The van der Waals surface area contributed by atoms with Gasteiger partial charge in [-0.15, -0.1) is 0 Å². The van der Waals surface area contributed by atoms with E-state index in [4.69, 9.17) is 0 Å². The molecule has 2 heterocycles. The van der Waals surface area contributed by atoms with Gasteiger partial charge < -0.3 is 14.6 Å². The minimum absolute atomic E-state index is 0.529. The molecule has 0 fully saturated rings. The van der Waals surface area contributed by atoms with E-state index in [9.17, 15) is 0 Å².